The lowest BCUT2D eigenvalue weighted by molar-refractivity contribution is 0.00622. The highest BCUT2D eigenvalue weighted by Gasteiger charge is 2.45. The molecular weight excluding hydrogens is 370 g/mol. The molecule has 0 radical (unpaired) electrons. The standard InChI is InChI=1S/C22H33NO4Si/c1-13(27-28(8,9)22(5,6)7)15-12-16(20(24)26-21(2,3)4)23-18-14(15)10-11-17-19(18)25-17/h10-13,17,19H,1-9H3/t13-,17-,19-/m0/s1. The molecule has 2 aliphatic rings. The molecule has 6 heteroatoms. The summed E-state index contributed by atoms with van der Waals surface area (Å²) < 4.78 is 17.9. The maximum atomic E-state index is 12.7. The van der Waals surface area contributed by atoms with E-state index in [2.05, 4.69) is 57.9 Å². The molecule has 0 N–H and O–H groups in total. The molecule has 0 saturated carbocycles. The van der Waals surface area contributed by atoms with Crippen LogP contribution < -0.4 is 0 Å². The molecule has 0 bridgehead atoms. The van der Waals surface area contributed by atoms with Gasteiger partial charge < -0.3 is 13.9 Å². The normalized spacial score (nSPS) is 22.3. The highest BCUT2D eigenvalue weighted by Crippen LogP contribution is 2.47. The van der Waals surface area contributed by atoms with Crippen LogP contribution in [-0.2, 0) is 13.9 Å². The number of esters is 1. The van der Waals surface area contributed by atoms with Gasteiger partial charge in [0.25, 0.3) is 0 Å². The predicted octanol–water partition coefficient (Wildman–Crippen LogP) is 5.59. The van der Waals surface area contributed by atoms with Crippen molar-refractivity contribution in [2.75, 3.05) is 0 Å². The molecule has 154 valence electrons. The van der Waals surface area contributed by atoms with E-state index in [0.29, 0.717) is 5.69 Å². The van der Waals surface area contributed by atoms with E-state index in [1.807, 2.05) is 26.8 Å². The number of carbonyl (C=O) groups is 1. The fraction of sp³-hybridized carbons (Fsp3) is 0.636. The van der Waals surface area contributed by atoms with Crippen molar-refractivity contribution in [3.8, 4) is 0 Å². The Morgan fingerprint density at radius 3 is 2.43 bits per heavy atom. The van der Waals surface area contributed by atoms with Crippen molar-refractivity contribution in [3.05, 3.63) is 34.7 Å². The number of rotatable bonds is 4. The van der Waals surface area contributed by atoms with Crippen molar-refractivity contribution < 1.29 is 18.7 Å². The van der Waals surface area contributed by atoms with Gasteiger partial charge in [0.05, 0.1) is 11.8 Å². The predicted molar refractivity (Wildman–Crippen MR) is 113 cm³/mol. The lowest BCUT2D eigenvalue weighted by Crippen LogP contribution is -2.41. The molecule has 0 spiro atoms. The van der Waals surface area contributed by atoms with Crippen LogP contribution in [0.25, 0.3) is 6.08 Å². The number of aromatic nitrogens is 1. The van der Waals surface area contributed by atoms with Crippen LogP contribution in [0.1, 0.15) is 88.0 Å². The maximum Gasteiger partial charge on any atom is 0.357 e. The van der Waals surface area contributed by atoms with Crippen molar-refractivity contribution in [3.63, 3.8) is 0 Å². The molecule has 1 aliphatic carbocycles. The quantitative estimate of drug-likeness (QED) is 0.373. The molecule has 1 aromatic heterocycles. The molecule has 3 atom stereocenters. The monoisotopic (exact) mass is 403 g/mol. The summed E-state index contributed by atoms with van der Waals surface area (Å²) in [4.78, 5) is 17.3. The molecule has 1 aliphatic heterocycles. The summed E-state index contributed by atoms with van der Waals surface area (Å²) in [5.41, 5.74) is 2.55. The van der Waals surface area contributed by atoms with E-state index in [0.717, 1.165) is 16.8 Å². The Balaban J connectivity index is 2.00. The number of fused-ring (bicyclic) bond motifs is 3. The van der Waals surface area contributed by atoms with Crippen LogP contribution in [0.4, 0.5) is 0 Å². The summed E-state index contributed by atoms with van der Waals surface area (Å²) in [6.45, 7) is 18.8. The lowest BCUT2D eigenvalue weighted by atomic mass is 9.94. The topological polar surface area (TPSA) is 61.0 Å². The molecular formula is C22H33NO4Si. The summed E-state index contributed by atoms with van der Waals surface area (Å²) in [6, 6.07) is 1.83. The van der Waals surface area contributed by atoms with Crippen molar-refractivity contribution >= 4 is 20.4 Å². The van der Waals surface area contributed by atoms with Gasteiger partial charge in [0.1, 0.15) is 23.5 Å². The van der Waals surface area contributed by atoms with E-state index in [9.17, 15) is 4.79 Å². The smallest absolute Gasteiger partial charge is 0.357 e. The fourth-order valence-corrected chi connectivity index (χ4v) is 4.49. The highest BCUT2D eigenvalue weighted by atomic mass is 28.4. The summed E-state index contributed by atoms with van der Waals surface area (Å²) in [6.07, 6.45) is 3.96. The van der Waals surface area contributed by atoms with Crippen LogP contribution in [0.15, 0.2) is 12.1 Å². The Morgan fingerprint density at radius 1 is 1.21 bits per heavy atom. The summed E-state index contributed by atoms with van der Waals surface area (Å²) in [5, 5.41) is 0.100. The van der Waals surface area contributed by atoms with Gasteiger partial charge in [-0.25, -0.2) is 9.78 Å². The molecule has 3 rings (SSSR count). The van der Waals surface area contributed by atoms with Crippen LogP contribution in [0, 0.1) is 0 Å². The Labute approximate surface area is 169 Å². The van der Waals surface area contributed by atoms with Gasteiger partial charge >= 0.3 is 5.97 Å². The number of epoxide rings is 1. The minimum atomic E-state index is -1.98. The van der Waals surface area contributed by atoms with Crippen LogP contribution in [0.2, 0.25) is 18.1 Å². The Bertz CT molecular complexity index is 817. The molecule has 0 aromatic carbocycles. The zero-order valence-corrected chi connectivity index (χ0v) is 19.5. The first kappa shape index (κ1) is 21.2. The van der Waals surface area contributed by atoms with Gasteiger partial charge in [0, 0.05) is 5.56 Å². The number of hydrogen-bond acceptors (Lipinski definition) is 5. The second-order valence-corrected chi connectivity index (χ2v) is 15.1. The van der Waals surface area contributed by atoms with Crippen LogP contribution in [0.3, 0.4) is 0 Å². The maximum absolute atomic E-state index is 12.7. The van der Waals surface area contributed by atoms with Gasteiger partial charge in [0.15, 0.2) is 8.32 Å². The van der Waals surface area contributed by atoms with Crippen LogP contribution >= 0.6 is 0 Å². The van der Waals surface area contributed by atoms with E-state index < -0.39 is 19.9 Å². The minimum Gasteiger partial charge on any atom is -0.455 e. The van der Waals surface area contributed by atoms with E-state index in [4.69, 9.17) is 13.9 Å². The molecule has 5 nitrogen and oxygen atoms in total. The molecule has 1 fully saturated rings. The number of carbonyl (C=O) groups excluding carboxylic acids is 1. The SMILES string of the molecule is C[C@H](O[Si](C)(C)C(C)(C)C)c1cc(C(=O)OC(C)(C)C)nc2c1C=C[C@@H]1O[C@H]21. The molecule has 2 heterocycles. The Kier molecular flexibility index (Phi) is 5.14. The average molecular weight is 404 g/mol. The lowest BCUT2D eigenvalue weighted by Gasteiger charge is -2.39. The van der Waals surface area contributed by atoms with Gasteiger partial charge in [0.2, 0.25) is 0 Å². The highest BCUT2D eigenvalue weighted by molar-refractivity contribution is 6.74. The number of nitrogens with zero attached hydrogens (tertiary/aromatic N) is 1. The molecule has 1 saturated heterocycles. The second-order valence-electron chi connectivity index (χ2n) is 10.3. The van der Waals surface area contributed by atoms with Crippen molar-refractivity contribution in [1.29, 1.82) is 0 Å². The van der Waals surface area contributed by atoms with Crippen molar-refractivity contribution in [1.82, 2.24) is 4.98 Å². The van der Waals surface area contributed by atoms with E-state index >= 15 is 0 Å². The van der Waals surface area contributed by atoms with Gasteiger partial charge in [-0.15, -0.1) is 0 Å². The first-order valence-electron chi connectivity index (χ1n) is 9.99. The summed E-state index contributed by atoms with van der Waals surface area (Å²) in [5.74, 6) is -0.414. The molecule has 1 aromatic rings. The average Bonchev–Trinajstić information content (AvgIpc) is 3.30. The van der Waals surface area contributed by atoms with E-state index in [-0.39, 0.29) is 23.4 Å². The summed E-state index contributed by atoms with van der Waals surface area (Å²) in [7, 11) is -1.98. The minimum absolute atomic E-state index is 0.0679. The zero-order chi connectivity index (χ0) is 21.1. The van der Waals surface area contributed by atoms with Gasteiger partial charge in [-0.1, -0.05) is 32.9 Å². The molecule has 0 amide bonds. The van der Waals surface area contributed by atoms with Crippen molar-refractivity contribution in [2.45, 2.75) is 90.5 Å². The first-order chi connectivity index (χ1) is 12.7. The number of hydrogen-bond donors (Lipinski definition) is 0. The largest absolute Gasteiger partial charge is 0.455 e. The first-order valence-corrected chi connectivity index (χ1v) is 12.9. The fourth-order valence-electron chi connectivity index (χ4n) is 3.13. The van der Waals surface area contributed by atoms with Crippen LogP contribution in [-0.4, -0.2) is 31.0 Å². The molecule has 28 heavy (non-hydrogen) atoms. The van der Waals surface area contributed by atoms with Gasteiger partial charge in [-0.3, -0.25) is 0 Å². The third kappa shape index (κ3) is 4.24. The third-order valence-corrected chi connectivity index (χ3v) is 10.2. The summed E-state index contributed by atoms with van der Waals surface area (Å²) >= 11 is 0. The van der Waals surface area contributed by atoms with E-state index in [1.165, 1.54) is 0 Å². The Morgan fingerprint density at radius 2 is 1.86 bits per heavy atom. The number of pyridine rings is 1. The van der Waals surface area contributed by atoms with Crippen LogP contribution in [0.5, 0.6) is 0 Å². The Hall–Kier alpha value is -1.50. The number of ether oxygens (including phenoxy) is 2. The van der Waals surface area contributed by atoms with E-state index in [1.54, 1.807) is 0 Å². The third-order valence-electron chi connectivity index (χ3n) is 5.69. The molecule has 0 unspecified atom stereocenters. The second kappa shape index (κ2) is 6.78. The zero-order valence-electron chi connectivity index (χ0n) is 18.5. The van der Waals surface area contributed by atoms with Gasteiger partial charge in [-0.05, 0) is 57.5 Å². The van der Waals surface area contributed by atoms with Gasteiger partial charge in [-0.2, -0.15) is 0 Å². The van der Waals surface area contributed by atoms with Crippen molar-refractivity contribution in [2.24, 2.45) is 0 Å².